The topological polar surface area (TPSA) is 115 Å². The van der Waals surface area contributed by atoms with Crippen LogP contribution < -0.4 is 25.9 Å². The summed E-state index contributed by atoms with van der Waals surface area (Å²) >= 11 is 0. The molecule has 0 heterocycles. The molecule has 0 atom stereocenters. The van der Waals surface area contributed by atoms with Crippen LogP contribution >= 0.6 is 0 Å². The Kier molecular flexibility index (Phi) is 7.01. The third-order valence-electron chi connectivity index (χ3n) is 3.44. The van der Waals surface area contributed by atoms with Crippen molar-refractivity contribution in [3.8, 4) is 11.5 Å². The highest BCUT2D eigenvalue weighted by Crippen LogP contribution is 2.34. The number of amides is 3. The summed E-state index contributed by atoms with van der Waals surface area (Å²) in [5, 5.41) is 5.77. The number of hydrazone groups is 1. The summed E-state index contributed by atoms with van der Waals surface area (Å²) in [5.41, 5.74) is 6.12. The minimum Gasteiger partial charge on any atom is -0.493 e. The van der Waals surface area contributed by atoms with E-state index in [9.17, 15) is 22.8 Å². The molecular weight excluding hydrogens is 393 g/mol. The maximum absolute atomic E-state index is 13.0. The average Bonchev–Trinajstić information content (AvgIpc) is 2.66. The second-order valence-electron chi connectivity index (χ2n) is 5.52. The molecule has 154 valence electrons. The molecule has 2 rings (SSSR count). The Hall–Kier alpha value is -3.76. The van der Waals surface area contributed by atoms with Crippen LogP contribution in [0.3, 0.4) is 0 Å². The van der Waals surface area contributed by atoms with Crippen LogP contribution in [0.1, 0.15) is 11.1 Å². The van der Waals surface area contributed by atoms with Crippen LogP contribution in [0.4, 0.5) is 23.7 Å². The number of methoxy groups -OCH3 is 1. The molecule has 0 unspecified atom stereocenters. The molecule has 11 heteroatoms. The molecule has 0 fully saturated rings. The number of nitrogens with zero attached hydrogens (tertiary/aromatic N) is 1. The third kappa shape index (κ3) is 6.41. The summed E-state index contributed by atoms with van der Waals surface area (Å²) < 4.78 is 49.4. The molecule has 0 aliphatic heterocycles. The predicted molar refractivity (Wildman–Crippen MR) is 98.9 cm³/mol. The summed E-state index contributed by atoms with van der Waals surface area (Å²) in [6.45, 7) is -0.542. The van der Waals surface area contributed by atoms with E-state index in [0.29, 0.717) is 5.56 Å². The Balaban J connectivity index is 2.03. The van der Waals surface area contributed by atoms with Gasteiger partial charge in [-0.25, -0.2) is 10.2 Å². The van der Waals surface area contributed by atoms with Crippen molar-refractivity contribution in [1.82, 2.24) is 5.43 Å². The van der Waals surface area contributed by atoms with Crippen molar-refractivity contribution in [2.75, 3.05) is 19.0 Å². The van der Waals surface area contributed by atoms with Gasteiger partial charge in [0.2, 0.25) is 0 Å². The Labute approximate surface area is 163 Å². The molecule has 3 amide bonds. The SMILES string of the molecule is COc1cc(/C=N\NC(N)=O)ccc1OCC(=O)Nc1ccccc1C(F)(F)F. The predicted octanol–water partition coefficient (Wildman–Crippen LogP) is 2.73. The van der Waals surface area contributed by atoms with Crippen molar-refractivity contribution >= 4 is 23.8 Å². The van der Waals surface area contributed by atoms with E-state index in [2.05, 4.69) is 10.4 Å². The molecule has 2 aromatic carbocycles. The van der Waals surface area contributed by atoms with Gasteiger partial charge < -0.3 is 20.5 Å². The fourth-order valence-electron chi connectivity index (χ4n) is 2.22. The minimum atomic E-state index is -4.60. The first-order chi connectivity index (χ1) is 13.7. The number of alkyl halides is 3. The summed E-state index contributed by atoms with van der Waals surface area (Å²) in [5.74, 6) is -0.344. The van der Waals surface area contributed by atoms with E-state index < -0.39 is 30.3 Å². The average molecular weight is 410 g/mol. The quantitative estimate of drug-likeness (QED) is 0.481. The molecule has 0 aromatic heterocycles. The second-order valence-corrected chi connectivity index (χ2v) is 5.52. The fourth-order valence-corrected chi connectivity index (χ4v) is 2.22. The van der Waals surface area contributed by atoms with E-state index in [1.54, 1.807) is 6.07 Å². The van der Waals surface area contributed by atoms with Crippen molar-refractivity contribution in [3.63, 3.8) is 0 Å². The number of ether oxygens (including phenoxy) is 2. The van der Waals surface area contributed by atoms with Gasteiger partial charge in [-0.15, -0.1) is 0 Å². The number of benzene rings is 2. The molecule has 0 bridgehead atoms. The van der Waals surface area contributed by atoms with E-state index in [0.717, 1.165) is 12.1 Å². The number of anilines is 1. The standard InChI is InChI=1S/C18H17F3N4O4/c1-28-15-8-11(9-23-25-17(22)27)6-7-14(15)29-10-16(26)24-13-5-3-2-4-12(13)18(19,20)21/h2-9H,10H2,1H3,(H,24,26)(H3,22,25,27)/b23-9-. The van der Waals surface area contributed by atoms with Gasteiger partial charge in [0.05, 0.1) is 24.6 Å². The van der Waals surface area contributed by atoms with Gasteiger partial charge in [0.25, 0.3) is 5.91 Å². The number of hydrogen-bond donors (Lipinski definition) is 3. The van der Waals surface area contributed by atoms with Gasteiger partial charge in [-0.3, -0.25) is 4.79 Å². The van der Waals surface area contributed by atoms with E-state index in [4.69, 9.17) is 15.2 Å². The molecule has 0 saturated heterocycles. The molecule has 29 heavy (non-hydrogen) atoms. The number of para-hydroxylation sites is 1. The summed E-state index contributed by atoms with van der Waals surface area (Å²) in [7, 11) is 1.37. The molecule has 0 saturated carbocycles. The third-order valence-corrected chi connectivity index (χ3v) is 3.44. The summed E-state index contributed by atoms with van der Waals surface area (Å²) in [6, 6.07) is 8.33. The smallest absolute Gasteiger partial charge is 0.418 e. The van der Waals surface area contributed by atoms with Gasteiger partial charge in [0.1, 0.15) is 0 Å². The highest BCUT2D eigenvalue weighted by Gasteiger charge is 2.33. The summed E-state index contributed by atoms with van der Waals surface area (Å²) in [6.07, 6.45) is -3.30. The van der Waals surface area contributed by atoms with Gasteiger partial charge in [-0.05, 0) is 35.9 Å². The van der Waals surface area contributed by atoms with Crippen molar-refractivity contribution in [2.45, 2.75) is 6.18 Å². The molecule has 2 aromatic rings. The van der Waals surface area contributed by atoms with Crippen LogP contribution in [0.25, 0.3) is 0 Å². The van der Waals surface area contributed by atoms with Gasteiger partial charge in [-0.2, -0.15) is 18.3 Å². The molecule has 8 nitrogen and oxygen atoms in total. The van der Waals surface area contributed by atoms with E-state index >= 15 is 0 Å². The van der Waals surface area contributed by atoms with Crippen molar-refractivity contribution < 1.29 is 32.2 Å². The normalized spacial score (nSPS) is 11.2. The zero-order chi connectivity index (χ0) is 21.4. The van der Waals surface area contributed by atoms with Crippen LogP contribution in [-0.4, -0.2) is 31.9 Å². The van der Waals surface area contributed by atoms with Gasteiger partial charge >= 0.3 is 12.2 Å². The number of carbonyl (C=O) groups is 2. The fraction of sp³-hybridized carbons (Fsp3) is 0.167. The Morgan fingerprint density at radius 1 is 1.17 bits per heavy atom. The van der Waals surface area contributed by atoms with Gasteiger partial charge in [0, 0.05) is 0 Å². The molecule has 0 radical (unpaired) electrons. The Morgan fingerprint density at radius 2 is 1.90 bits per heavy atom. The zero-order valence-electron chi connectivity index (χ0n) is 15.1. The maximum Gasteiger partial charge on any atom is 0.418 e. The number of rotatable bonds is 7. The van der Waals surface area contributed by atoms with Crippen LogP contribution in [0.15, 0.2) is 47.6 Å². The lowest BCUT2D eigenvalue weighted by atomic mass is 10.1. The number of urea groups is 1. The van der Waals surface area contributed by atoms with E-state index in [-0.39, 0.29) is 17.2 Å². The van der Waals surface area contributed by atoms with E-state index in [1.807, 2.05) is 5.43 Å². The highest BCUT2D eigenvalue weighted by atomic mass is 19.4. The molecule has 0 spiro atoms. The molecule has 4 N–H and O–H groups in total. The lowest BCUT2D eigenvalue weighted by Gasteiger charge is -2.14. The van der Waals surface area contributed by atoms with Crippen molar-refractivity contribution in [3.05, 3.63) is 53.6 Å². The first-order valence-corrected chi connectivity index (χ1v) is 8.06. The van der Waals surface area contributed by atoms with Crippen molar-refractivity contribution in [1.29, 1.82) is 0 Å². The number of carbonyl (C=O) groups excluding carboxylic acids is 2. The van der Waals surface area contributed by atoms with Crippen LogP contribution in [0, 0.1) is 0 Å². The van der Waals surface area contributed by atoms with Gasteiger partial charge in [-0.1, -0.05) is 12.1 Å². The van der Waals surface area contributed by atoms with Crippen LogP contribution in [0.2, 0.25) is 0 Å². The number of halogens is 3. The Morgan fingerprint density at radius 3 is 2.55 bits per heavy atom. The van der Waals surface area contributed by atoms with Crippen molar-refractivity contribution in [2.24, 2.45) is 10.8 Å². The largest absolute Gasteiger partial charge is 0.493 e. The second kappa shape index (κ2) is 9.44. The molecule has 0 aliphatic carbocycles. The molecular formula is C18H17F3N4O4. The lowest BCUT2D eigenvalue weighted by molar-refractivity contribution is -0.137. The number of nitrogens with one attached hydrogen (secondary N) is 2. The molecule has 0 aliphatic rings. The first kappa shape index (κ1) is 21.5. The van der Waals surface area contributed by atoms with E-state index in [1.165, 1.54) is 37.6 Å². The van der Waals surface area contributed by atoms with Crippen LogP contribution in [0.5, 0.6) is 11.5 Å². The maximum atomic E-state index is 13.0. The number of hydrogen-bond acceptors (Lipinski definition) is 5. The summed E-state index contributed by atoms with van der Waals surface area (Å²) in [4.78, 5) is 22.6. The van der Waals surface area contributed by atoms with Crippen LogP contribution in [-0.2, 0) is 11.0 Å². The first-order valence-electron chi connectivity index (χ1n) is 8.06. The van der Waals surface area contributed by atoms with Gasteiger partial charge in [0.15, 0.2) is 18.1 Å². The number of primary amides is 1. The Bertz CT molecular complexity index is 916. The zero-order valence-corrected chi connectivity index (χ0v) is 15.1. The minimum absolute atomic E-state index is 0.187. The lowest BCUT2D eigenvalue weighted by Crippen LogP contribution is -2.24. The highest BCUT2D eigenvalue weighted by molar-refractivity contribution is 5.92. The number of nitrogens with two attached hydrogens (primary N) is 1. The monoisotopic (exact) mass is 410 g/mol.